The number of amides is 3. The Hall–Kier alpha value is -5.02. The van der Waals surface area contributed by atoms with E-state index >= 15 is 0 Å². The first-order chi connectivity index (χ1) is 22.8. The molecule has 1 aromatic heterocycles. The molecule has 48 heavy (non-hydrogen) atoms. The minimum atomic E-state index is -0.193. The molecule has 2 heterocycles. The average Bonchev–Trinajstić information content (AvgIpc) is 3.07. The van der Waals surface area contributed by atoms with Gasteiger partial charge in [-0.2, -0.15) is 0 Å². The molecule has 1 fully saturated rings. The van der Waals surface area contributed by atoms with Crippen LogP contribution >= 0.6 is 0 Å². The van der Waals surface area contributed by atoms with Crippen molar-refractivity contribution in [1.82, 2.24) is 14.8 Å². The summed E-state index contributed by atoms with van der Waals surface area (Å²) in [7, 11) is 1.72. The van der Waals surface area contributed by atoms with Gasteiger partial charge in [-0.15, -0.1) is 0 Å². The maximum atomic E-state index is 13.4. The number of rotatable bonds is 8. The maximum Gasteiger partial charge on any atom is 0.256 e. The van der Waals surface area contributed by atoms with Crippen LogP contribution in [0.5, 0.6) is 0 Å². The Morgan fingerprint density at radius 2 is 1.60 bits per heavy atom. The number of carbonyl (C=O) groups is 3. The predicted octanol–water partition coefficient (Wildman–Crippen LogP) is 5.90. The van der Waals surface area contributed by atoms with E-state index in [0.29, 0.717) is 47.6 Å². The Labute approximate surface area is 282 Å². The van der Waals surface area contributed by atoms with Gasteiger partial charge < -0.3 is 25.4 Å². The van der Waals surface area contributed by atoms with Crippen molar-refractivity contribution >= 4 is 29.1 Å². The third kappa shape index (κ3) is 7.74. The number of hydrogen-bond donors (Lipinski definition) is 3. The van der Waals surface area contributed by atoms with Gasteiger partial charge in [-0.05, 0) is 76.6 Å². The van der Waals surface area contributed by atoms with E-state index < -0.39 is 0 Å². The van der Waals surface area contributed by atoms with E-state index in [2.05, 4.69) is 36.7 Å². The van der Waals surface area contributed by atoms with Crippen LogP contribution in [0.3, 0.4) is 0 Å². The van der Waals surface area contributed by atoms with E-state index in [9.17, 15) is 19.2 Å². The number of aryl methyl sites for hydroxylation is 1. The molecule has 3 aromatic carbocycles. The Kier molecular flexibility index (Phi) is 10.3. The predicted molar refractivity (Wildman–Crippen MR) is 192 cm³/mol. The van der Waals surface area contributed by atoms with Crippen LogP contribution in [-0.2, 0) is 23.7 Å². The Morgan fingerprint density at radius 3 is 2.27 bits per heavy atom. The normalized spacial score (nSPS) is 13.2. The number of pyridine rings is 1. The van der Waals surface area contributed by atoms with Gasteiger partial charge in [-0.25, -0.2) is 0 Å². The van der Waals surface area contributed by atoms with E-state index in [-0.39, 0.29) is 35.1 Å². The summed E-state index contributed by atoms with van der Waals surface area (Å²) in [6.45, 7) is 12.8. The standard InChI is InChI=1S/C39H45N5O4/c1-7-35(45)41-34-22-26(11-16-32(34)38(48)44-19-17-40-18-20-44)21-28-23-29(24-43(6)37(28)47)31-9-8-10-33(25(31)2)42-36(46)27-12-14-30(15-13-27)39(3,4)5/h8-16,22-24,40H,7,17-21H2,1-6H3,(H,41,45)(H,42,46). The van der Waals surface area contributed by atoms with Crippen LogP contribution in [0.4, 0.5) is 11.4 Å². The highest BCUT2D eigenvalue weighted by Gasteiger charge is 2.22. The van der Waals surface area contributed by atoms with Gasteiger partial charge in [-0.1, -0.05) is 58.0 Å². The van der Waals surface area contributed by atoms with Gasteiger partial charge in [0.15, 0.2) is 0 Å². The van der Waals surface area contributed by atoms with Crippen LogP contribution in [0.2, 0.25) is 0 Å². The molecule has 0 radical (unpaired) electrons. The second-order valence-electron chi connectivity index (χ2n) is 13.4. The lowest BCUT2D eigenvalue weighted by Gasteiger charge is -2.28. The SMILES string of the molecule is CCC(=O)Nc1cc(Cc2cc(-c3cccc(NC(=O)c4ccc(C(C)(C)C)cc4)c3C)cn(C)c2=O)ccc1C(=O)N1CCNCC1. The monoisotopic (exact) mass is 647 g/mol. The zero-order chi connectivity index (χ0) is 34.6. The van der Waals surface area contributed by atoms with Crippen molar-refractivity contribution in [2.75, 3.05) is 36.8 Å². The zero-order valence-corrected chi connectivity index (χ0v) is 28.7. The van der Waals surface area contributed by atoms with Crippen molar-refractivity contribution in [3.8, 4) is 11.1 Å². The molecule has 0 aliphatic carbocycles. The lowest BCUT2D eigenvalue weighted by atomic mass is 9.86. The molecule has 3 amide bonds. The molecule has 1 saturated heterocycles. The molecule has 0 saturated carbocycles. The second-order valence-corrected chi connectivity index (χ2v) is 13.4. The average molecular weight is 648 g/mol. The highest BCUT2D eigenvalue weighted by atomic mass is 16.2. The van der Waals surface area contributed by atoms with E-state index in [1.54, 1.807) is 41.8 Å². The van der Waals surface area contributed by atoms with Gasteiger partial charge in [0.25, 0.3) is 17.4 Å². The van der Waals surface area contributed by atoms with Crippen molar-refractivity contribution in [2.45, 2.75) is 52.9 Å². The summed E-state index contributed by atoms with van der Waals surface area (Å²) in [4.78, 5) is 54.2. The highest BCUT2D eigenvalue weighted by molar-refractivity contribution is 6.05. The molecule has 9 heteroatoms. The molecule has 0 bridgehead atoms. The lowest BCUT2D eigenvalue weighted by Crippen LogP contribution is -2.46. The molecule has 0 spiro atoms. The molecule has 0 unspecified atom stereocenters. The number of nitrogens with one attached hydrogen (secondary N) is 3. The fourth-order valence-electron chi connectivity index (χ4n) is 5.94. The summed E-state index contributed by atoms with van der Waals surface area (Å²) in [5.41, 5.74) is 7.12. The number of benzene rings is 3. The smallest absolute Gasteiger partial charge is 0.256 e. The van der Waals surface area contributed by atoms with E-state index in [1.807, 2.05) is 61.5 Å². The highest BCUT2D eigenvalue weighted by Crippen LogP contribution is 2.30. The Bertz CT molecular complexity index is 1900. The fraction of sp³-hybridized carbons (Fsp3) is 0.333. The van der Waals surface area contributed by atoms with Gasteiger partial charge in [0, 0.05) is 69.1 Å². The van der Waals surface area contributed by atoms with Crippen LogP contribution in [0, 0.1) is 6.92 Å². The topological polar surface area (TPSA) is 113 Å². The quantitative estimate of drug-likeness (QED) is 0.221. The molecule has 0 atom stereocenters. The largest absolute Gasteiger partial charge is 0.336 e. The van der Waals surface area contributed by atoms with Gasteiger partial charge >= 0.3 is 0 Å². The summed E-state index contributed by atoms with van der Waals surface area (Å²) in [5.74, 6) is -0.512. The van der Waals surface area contributed by atoms with Crippen molar-refractivity contribution in [3.63, 3.8) is 0 Å². The van der Waals surface area contributed by atoms with Gasteiger partial charge in [0.1, 0.15) is 0 Å². The summed E-state index contributed by atoms with van der Waals surface area (Å²) in [5, 5.41) is 9.22. The molecule has 4 aromatic rings. The van der Waals surface area contributed by atoms with Crippen molar-refractivity contribution in [3.05, 3.63) is 117 Å². The molecule has 1 aliphatic heterocycles. The van der Waals surface area contributed by atoms with Crippen LogP contribution in [0.25, 0.3) is 11.1 Å². The van der Waals surface area contributed by atoms with E-state index in [4.69, 9.17) is 0 Å². The van der Waals surface area contributed by atoms with Crippen LogP contribution < -0.4 is 21.5 Å². The van der Waals surface area contributed by atoms with Crippen molar-refractivity contribution < 1.29 is 14.4 Å². The van der Waals surface area contributed by atoms with Gasteiger partial charge in [-0.3, -0.25) is 19.2 Å². The lowest BCUT2D eigenvalue weighted by molar-refractivity contribution is -0.115. The molecular weight excluding hydrogens is 602 g/mol. The minimum absolute atomic E-state index is 0.00469. The number of nitrogens with zero attached hydrogens (tertiary/aromatic N) is 2. The van der Waals surface area contributed by atoms with Gasteiger partial charge in [0.2, 0.25) is 5.91 Å². The first kappa shape index (κ1) is 34.3. The summed E-state index contributed by atoms with van der Waals surface area (Å²) < 4.78 is 1.56. The van der Waals surface area contributed by atoms with Crippen molar-refractivity contribution in [1.29, 1.82) is 0 Å². The number of hydrogen-bond acceptors (Lipinski definition) is 5. The number of aromatic nitrogens is 1. The minimum Gasteiger partial charge on any atom is -0.336 e. The van der Waals surface area contributed by atoms with E-state index in [1.165, 1.54) is 0 Å². The molecule has 250 valence electrons. The third-order valence-electron chi connectivity index (χ3n) is 8.87. The van der Waals surface area contributed by atoms with E-state index in [0.717, 1.165) is 40.9 Å². The Morgan fingerprint density at radius 1 is 0.896 bits per heavy atom. The molecular formula is C39H45N5O4. The Balaban J connectivity index is 1.42. The molecule has 3 N–H and O–H groups in total. The summed E-state index contributed by atoms with van der Waals surface area (Å²) in [6.07, 6.45) is 2.38. The first-order valence-corrected chi connectivity index (χ1v) is 16.5. The van der Waals surface area contributed by atoms with Crippen LogP contribution in [0.15, 0.2) is 77.7 Å². The zero-order valence-electron chi connectivity index (χ0n) is 28.7. The molecule has 9 nitrogen and oxygen atoms in total. The molecule has 1 aliphatic rings. The summed E-state index contributed by atoms with van der Waals surface area (Å²) in [6, 6.07) is 20.7. The number of carbonyl (C=O) groups excluding carboxylic acids is 3. The third-order valence-corrected chi connectivity index (χ3v) is 8.87. The van der Waals surface area contributed by atoms with Crippen LogP contribution in [-0.4, -0.2) is 53.4 Å². The van der Waals surface area contributed by atoms with Crippen LogP contribution in [0.1, 0.15) is 77.1 Å². The van der Waals surface area contributed by atoms with Crippen molar-refractivity contribution in [2.24, 2.45) is 7.05 Å². The number of piperazine rings is 1. The molecule has 5 rings (SSSR count). The maximum absolute atomic E-state index is 13.4. The first-order valence-electron chi connectivity index (χ1n) is 16.5. The summed E-state index contributed by atoms with van der Waals surface area (Å²) >= 11 is 0. The number of anilines is 2. The fourth-order valence-corrected chi connectivity index (χ4v) is 5.94. The van der Waals surface area contributed by atoms with Gasteiger partial charge in [0.05, 0.1) is 11.3 Å². The second kappa shape index (κ2) is 14.4.